The van der Waals surface area contributed by atoms with Crippen molar-refractivity contribution in [2.75, 3.05) is 23.8 Å². The zero-order valence-corrected chi connectivity index (χ0v) is 19.6. The van der Waals surface area contributed by atoms with Crippen molar-refractivity contribution in [1.29, 1.82) is 0 Å². The fourth-order valence-electron chi connectivity index (χ4n) is 3.66. The lowest BCUT2D eigenvalue weighted by molar-refractivity contribution is 0.413. The summed E-state index contributed by atoms with van der Waals surface area (Å²) in [5.41, 5.74) is 3.76. The van der Waals surface area contributed by atoms with Crippen LogP contribution in [0.3, 0.4) is 0 Å². The van der Waals surface area contributed by atoms with Gasteiger partial charge in [-0.25, -0.2) is 13.4 Å². The molecule has 4 rings (SSSR count). The van der Waals surface area contributed by atoms with Crippen LogP contribution in [0.25, 0.3) is 5.69 Å². The minimum Gasteiger partial charge on any atom is -0.494 e. The molecule has 0 fully saturated rings. The molecule has 0 aliphatic heterocycles. The molecule has 0 spiro atoms. The SMILES string of the molecule is COc1cc(NS(=O)(=O)c2ccccc2N(C)Cc2ccccc2)ccc1-n1cnc(C)c1. The molecule has 33 heavy (non-hydrogen) atoms. The van der Waals surface area contributed by atoms with Crippen LogP contribution in [0.1, 0.15) is 11.3 Å². The molecule has 0 unspecified atom stereocenters. The standard InChI is InChI=1S/C25H26N4O3S/c1-19-16-29(18-26-19)22-14-13-21(15-24(22)32-3)27-33(30,31)25-12-8-7-11-23(25)28(2)17-20-9-5-4-6-10-20/h4-16,18,27H,17H2,1-3H3. The largest absolute Gasteiger partial charge is 0.494 e. The van der Waals surface area contributed by atoms with E-state index in [-0.39, 0.29) is 4.90 Å². The predicted octanol–water partition coefficient (Wildman–Crippen LogP) is 4.63. The molecule has 3 aromatic carbocycles. The van der Waals surface area contributed by atoms with Gasteiger partial charge in [0.05, 0.1) is 36.2 Å². The van der Waals surface area contributed by atoms with Gasteiger partial charge < -0.3 is 14.2 Å². The average Bonchev–Trinajstić information content (AvgIpc) is 3.25. The van der Waals surface area contributed by atoms with Crippen molar-refractivity contribution >= 4 is 21.4 Å². The number of nitrogens with one attached hydrogen (secondary N) is 1. The van der Waals surface area contributed by atoms with Crippen LogP contribution in [0.4, 0.5) is 11.4 Å². The third-order valence-corrected chi connectivity index (χ3v) is 6.68. The third-order valence-electron chi connectivity index (χ3n) is 5.25. The van der Waals surface area contributed by atoms with Gasteiger partial charge in [-0.2, -0.15) is 0 Å². The van der Waals surface area contributed by atoms with Crippen molar-refractivity contribution in [2.45, 2.75) is 18.4 Å². The Kier molecular flexibility index (Phi) is 6.37. The summed E-state index contributed by atoms with van der Waals surface area (Å²) in [7, 11) is -0.414. The van der Waals surface area contributed by atoms with Crippen molar-refractivity contribution in [3.8, 4) is 11.4 Å². The van der Waals surface area contributed by atoms with E-state index in [1.54, 1.807) is 43.8 Å². The summed E-state index contributed by atoms with van der Waals surface area (Å²) in [6.07, 6.45) is 3.57. The van der Waals surface area contributed by atoms with E-state index < -0.39 is 10.0 Å². The highest BCUT2D eigenvalue weighted by Crippen LogP contribution is 2.31. The molecule has 1 aromatic heterocycles. The highest BCUT2D eigenvalue weighted by Gasteiger charge is 2.21. The highest BCUT2D eigenvalue weighted by atomic mass is 32.2. The van der Waals surface area contributed by atoms with Crippen molar-refractivity contribution in [2.24, 2.45) is 0 Å². The smallest absolute Gasteiger partial charge is 0.263 e. The fraction of sp³-hybridized carbons (Fsp3) is 0.160. The number of hydrogen-bond donors (Lipinski definition) is 1. The first-order valence-corrected chi connectivity index (χ1v) is 11.9. The monoisotopic (exact) mass is 462 g/mol. The normalized spacial score (nSPS) is 11.2. The molecule has 0 saturated carbocycles. The maximum Gasteiger partial charge on any atom is 0.263 e. The molecule has 170 valence electrons. The maximum atomic E-state index is 13.3. The first-order chi connectivity index (χ1) is 15.9. The number of methoxy groups -OCH3 is 1. The quantitative estimate of drug-likeness (QED) is 0.413. The van der Waals surface area contributed by atoms with Crippen LogP contribution >= 0.6 is 0 Å². The Hall–Kier alpha value is -3.78. The number of sulfonamides is 1. The van der Waals surface area contributed by atoms with E-state index in [1.165, 1.54) is 0 Å². The molecule has 8 heteroatoms. The summed E-state index contributed by atoms with van der Waals surface area (Å²) >= 11 is 0. The molecular formula is C25H26N4O3S. The minimum absolute atomic E-state index is 0.205. The first-order valence-electron chi connectivity index (χ1n) is 10.4. The number of benzene rings is 3. The molecule has 0 bridgehead atoms. The second kappa shape index (κ2) is 9.38. The van der Waals surface area contributed by atoms with Crippen LogP contribution < -0.4 is 14.4 Å². The fourth-order valence-corrected chi connectivity index (χ4v) is 4.96. The number of anilines is 2. The van der Waals surface area contributed by atoms with Crippen molar-refractivity contribution in [3.05, 3.63) is 96.6 Å². The summed E-state index contributed by atoms with van der Waals surface area (Å²) in [5, 5.41) is 0. The molecule has 0 saturated heterocycles. The van der Waals surface area contributed by atoms with Crippen molar-refractivity contribution < 1.29 is 13.2 Å². The first kappa shape index (κ1) is 22.4. The molecule has 0 radical (unpaired) electrons. The molecule has 0 atom stereocenters. The zero-order chi connectivity index (χ0) is 23.4. The Morgan fingerprint density at radius 2 is 1.76 bits per heavy atom. The number of hydrogen-bond acceptors (Lipinski definition) is 5. The molecule has 1 N–H and O–H groups in total. The number of ether oxygens (including phenoxy) is 1. The predicted molar refractivity (Wildman–Crippen MR) is 131 cm³/mol. The van der Waals surface area contributed by atoms with Gasteiger partial charge in [0.25, 0.3) is 10.0 Å². The van der Waals surface area contributed by atoms with E-state index >= 15 is 0 Å². The van der Waals surface area contributed by atoms with Gasteiger partial charge in [0.2, 0.25) is 0 Å². The van der Waals surface area contributed by atoms with E-state index in [4.69, 9.17) is 4.74 Å². The van der Waals surface area contributed by atoms with E-state index in [1.807, 2.05) is 72.1 Å². The van der Waals surface area contributed by atoms with Crippen molar-refractivity contribution in [3.63, 3.8) is 0 Å². The second-order valence-electron chi connectivity index (χ2n) is 7.72. The van der Waals surface area contributed by atoms with Gasteiger partial charge in [0.1, 0.15) is 10.6 Å². The summed E-state index contributed by atoms with van der Waals surface area (Å²) in [6, 6.07) is 22.1. The topological polar surface area (TPSA) is 76.5 Å². The Morgan fingerprint density at radius 1 is 1.03 bits per heavy atom. The summed E-state index contributed by atoms with van der Waals surface area (Å²) in [4.78, 5) is 6.37. The van der Waals surface area contributed by atoms with Gasteiger partial charge >= 0.3 is 0 Å². The van der Waals surface area contributed by atoms with Crippen LogP contribution in [-0.4, -0.2) is 32.1 Å². The van der Waals surface area contributed by atoms with Gasteiger partial charge in [-0.15, -0.1) is 0 Å². The maximum absolute atomic E-state index is 13.3. The molecule has 7 nitrogen and oxygen atoms in total. The molecule has 4 aromatic rings. The number of imidazole rings is 1. The number of para-hydroxylation sites is 1. The number of aromatic nitrogens is 2. The van der Waals surface area contributed by atoms with Crippen LogP contribution in [0.2, 0.25) is 0 Å². The highest BCUT2D eigenvalue weighted by molar-refractivity contribution is 7.92. The van der Waals surface area contributed by atoms with Gasteiger partial charge in [0, 0.05) is 25.9 Å². The van der Waals surface area contributed by atoms with Gasteiger partial charge in [-0.3, -0.25) is 4.72 Å². The molecule has 0 aliphatic carbocycles. The van der Waals surface area contributed by atoms with Crippen LogP contribution in [0.15, 0.2) is 90.2 Å². The lowest BCUT2D eigenvalue weighted by Gasteiger charge is -2.23. The van der Waals surface area contributed by atoms with Crippen LogP contribution in [0.5, 0.6) is 5.75 Å². The van der Waals surface area contributed by atoms with E-state index in [0.717, 1.165) is 16.9 Å². The summed E-state index contributed by atoms with van der Waals surface area (Å²) in [6.45, 7) is 2.48. The molecule has 1 heterocycles. The van der Waals surface area contributed by atoms with Crippen molar-refractivity contribution in [1.82, 2.24) is 9.55 Å². The lowest BCUT2D eigenvalue weighted by Crippen LogP contribution is -2.21. The van der Waals surface area contributed by atoms with Gasteiger partial charge in [0.15, 0.2) is 0 Å². The number of aryl methyl sites for hydroxylation is 1. The average molecular weight is 463 g/mol. The minimum atomic E-state index is -3.85. The van der Waals surface area contributed by atoms with E-state index in [0.29, 0.717) is 23.7 Å². The van der Waals surface area contributed by atoms with E-state index in [9.17, 15) is 8.42 Å². The second-order valence-corrected chi connectivity index (χ2v) is 9.37. The molecular weight excluding hydrogens is 436 g/mol. The molecule has 0 amide bonds. The molecule has 0 aliphatic rings. The van der Waals surface area contributed by atoms with Crippen LogP contribution in [-0.2, 0) is 16.6 Å². The van der Waals surface area contributed by atoms with Gasteiger partial charge in [-0.1, -0.05) is 42.5 Å². The number of nitrogens with zero attached hydrogens (tertiary/aromatic N) is 3. The zero-order valence-electron chi connectivity index (χ0n) is 18.8. The summed E-state index contributed by atoms with van der Waals surface area (Å²) < 4.78 is 36.7. The third kappa shape index (κ3) is 5.01. The van der Waals surface area contributed by atoms with Gasteiger partial charge in [-0.05, 0) is 36.8 Å². The summed E-state index contributed by atoms with van der Waals surface area (Å²) in [5.74, 6) is 0.530. The Morgan fingerprint density at radius 3 is 2.45 bits per heavy atom. The lowest BCUT2D eigenvalue weighted by atomic mass is 10.2. The number of rotatable bonds is 8. The Labute approximate surface area is 194 Å². The Balaban J connectivity index is 1.62. The van der Waals surface area contributed by atoms with Crippen LogP contribution in [0, 0.1) is 6.92 Å². The van der Waals surface area contributed by atoms with E-state index in [2.05, 4.69) is 9.71 Å². The Bertz CT molecular complexity index is 1350.